The van der Waals surface area contributed by atoms with Crippen LogP contribution in [0.15, 0.2) is 28.6 Å². The van der Waals surface area contributed by atoms with Crippen molar-refractivity contribution in [3.63, 3.8) is 0 Å². The summed E-state index contributed by atoms with van der Waals surface area (Å²) in [6.07, 6.45) is 0. The molecule has 0 fully saturated rings. The Morgan fingerprint density at radius 3 is 2.62 bits per heavy atom. The van der Waals surface area contributed by atoms with E-state index in [1.807, 2.05) is 13.0 Å². The van der Waals surface area contributed by atoms with Crippen molar-refractivity contribution in [2.24, 2.45) is 4.99 Å². The second-order valence-corrected chi connectivity index (χ2v) is 6.74. The van der Waals surface area contributed by atoms with E-state index in [-0.39, 0.29) is 35.5 Å². The maximum atomic E-state index is 13.9. The fourth-order valence-corrected chi connectivity index (χ4v) is 3.06. The van der Waals surface area contributed by atoms with Crippen molar-refractivity contribution in [3.8, 4) is 5.75 Å². The summed E-state index contributed by atoms with van der Waals surface area (Å²) in [4.78, 5) is 8.77. The second kappa shape index (κ2) is 11.3. The summed E-state index contributed by atoms with van der Waals surface area (Å²) in [5.41, 5.74) is 1.93. The Morgan fingerprint density at radius 1 is 1.31 bits per heavy atom. The number of aliphatic imine (C=N–C) groups is 1. The van der Waals surface area contributed by atoms with Crippen molar-refractivity contribution in [2.75, 3.05) is 13.7 Å². The fraction of sp³-hybridized carbons (Fsp3) is 0.444. The molecule has 0 spiro atoms. The zero-order valence-corrected chi connectivity index (χ0v) is 18.7. The average molecular weight is 492 g/mol. The lowest BCUT2D eigenvalue weighted by molar-refractivity contribution is 0.321. The van der Waals surface area contributed by atoms with Crippen molar-refractivity contribution in [1.29, 1.82) is 0 Å². The van der Waals surface area contributed by atoms with Crippen LogP contribution in [0.25, 0.3) is 0 Å². The Labute approximate surface area is 175 Å². The summed E-state index contributed by atoms with van der Waals surface area (Å²) in [7, 11) is 1.70. The number of ether oxygens (including phenoxy) is 1. The van der Waals surface area contributed by atoms with Crippen LogP contribution in [-0.2, 0) is 13.1 Å². The summed E-state index contributed by atoms with van der Waals surface area (Å²) in [6, 6.07) is 4.96. The number of aromatic nitrogens is 1. The van der Waals surface area contributed by atoms with E-state index in [0.29, 0.717) is 31.6 Å². The highest BCUT2D eigenvalue weighted by molar-refractivity contribution is 14.0. The lowest BCUT2D eigenvalue weighted by Crippen LogP contribution is -2.36. The molecule has 1 aromatic heterocycles. The van der Waals surface area contributed by atoms with Gasteiger partial charge in [-0.25, -0.2) is 9.37 Å². The Balaban J connectivity index is 0.00000338. The van der Waals surface area contributed by atoms with E-state index in [1.54, 1.807) is 24.5 Å². The van der Waals surface area contributed by atoms with Gasteiger partial charge in [0, 0.05) is 19.0 Å². The van der Waals surface area contributed by atoms with E-state index < -0.39 is 0 Å². The minimum Gasteiger partial charge on any atom is -0.491 e. The second-order valence-electron chi connectivity index (χ2n) is 5.80. The van der Waals surface area contributed by atoms with E-state index in [9.17, 15) is 4.39 Å². The van der Waals surface area contributed by atoms with Crippen LogP contribution in [0, 0.1) is 5.82 Å². The topological polar surface area (TPSA) is 58.5 Å². The predicted octanol–water partition coefficient (Wildman–Crippen LogP) is 4.29. The van der Waals surface area contributed by atoms with Crippen molar-refractivity contribution in [3.05, 3.63) is 45.7 Å². The quantitative estimate of drug-likeness (QED) is 0.344. The molecule has 0 saturated heterocycles. The van der Waals surface area contributed by atoms with Gasteiger partial charge in [-0.15, -0.1) is 35.3 Å². The van der Waals surface area contributed by atoms with Gasteiger partial charge in [-0.3, -0.25) is 4.99 Å². The van der Waals surface area contributed by atoms with Crippen LogP contribution in [-0.4, -0.2) is 24.6 Å². The Hall–Kier alpha value is -1.42. The monoisotopic (exact) mass is 492 g/mol. The predicted molar refractivity (Wildman–Crippen MR) is 116 cm³/mol. The minimum atomic E-state index is -0.354. The third-order valence-electron chi connectivity index (χ3n) is 3.55. The van der Waals surface area contributed by atoms with Crippen LogP contribution < -0.4 is 15.4 Å². The van der Waals surface area contributed by atoms with Gasteiger partial charge in [-0.1, -0.05) is 19.9 Å². The zero-order valence-electron chi connectivity index (χ0n) is 15.5. The molecule has 1 heterocycles. The van der Waals surface area contributed by atoms with Gasteiger partial charge in [0.2, 0.25) is 0 Å². The lowest BCUT2D eigenvalue weighted by Gasteiger charge is -2.12. The number of benzene rings is 1. The largest absolute Gasteiger partial charge is 0.491 e. The first-order valence-electron chi connectivity index (χ1n) is 8.33. The molecule has 144 valence electrons. The molecule has 1 aromatic carbocycles. The molecule has 0 atom stereocenters. The van der Waals surface area contributed by atoms with Crippen LogP contribution >= 0.6 is 35.3 Å². The standard InChI is InChI=1S/C18H25FN4OS.HI/c1-5-24-16-7-6-13(8-14(16)19)9-21-18(20-4)22-10-17-23-15(11-25-17)12(2)3;/h6-8,11-12H,5,9-10H2,1-4H3,(H2,20,21,22);1H. The molecule has 8 heteroatoms. The summed E-state index contributed by atoms with van der Waals surface area (Å²) in [5, 5.41) is 9.49. The average Bonchev–Trinajstić information content (AvgIpc) is 3.07. The SMILES string of the molecule is CCOc1ccc(CNC(=NC)NCc2nc(C(C)C)cs2)cc1F.I. The molecule has 0 radical (unpaired) electrons. The zero-order chi connectivity index (χ0) is 18.2. The van der Waals surface area contributed by atoms with Gasteiger partial charge < -0.3 is 15.4 Å². The molecule has 0 bridgehead atoms. The fourth-order valence-electron chi connectivity index (χ4n) is 2.16. The van der Waals surface area contributed by atoms with Gasteiger partial charge in [0.05, 0.1) is 18.8 Å². The highest BCUT2D eigenvalue weighted by Crippen LogP contribution is 2.18. The van der Waals surface area contributed by atoms with Crippen LogP contribution in [0.5, 0.6) is 5.75 Å². The number of halogens is 2. The minimum absolute atomic E-state index is 0. The number of nitrogens with one attached hydrogen (secondary N) is 2. The number of hydrogen-bond donors (Lipinski definition) is 2. The first kappa shape index (κ1) is 22.6. The third-order valence-corrected chi connectivity index (χ3v) is 4.41. The first-order valence-corrected chi connectivity index (χ1v) is 9.21. The molecular formula is C18H26FIN4OS. The molecule has 0 aliphatic carbocycles. The molecule has 2 aromatic rings. The van der Waals surface area contributed by atoms with E-state index >= 15 is 0 Å². The number of rotatable bonds is 7. The smallest absolute Gasteiger partial charge is 0.191 e. The highest BCUT2D eigenvalue weighted by Gasteiger charge is 2.07. The number of hydrogen-bond acceptors (Lipinski definition) is 4. The summed E-state index contributed by atoms with van der Waals surface area (Å²) in [5.74, 6) is 0.999. The van der Waals surface area contributed by atoms with E-state index in [4.69, 9.17) is 4.74 Å². The molecular weight excluding hydrogens is 466 g/mol. The van der Waals surface area contributed by atoms with E-state index in [1.165, 1.54) is 6.07 Å². The molecule has 0 saturated carbocycles. The van der Waals surface area contributed by atoms with Crippen molar-refractivity contribution >= 4 is 41.3 Å². The van der Waals surface area contributed by atoms with Gasteiger partial charge in [-0.2, -0.15) is 0 Å². The molecule has 0 aliphatic rings. The maximum absolute atomic E-state index is 13.9. The molecule has 26 heavy (non-hydrogen) atoms. The lowest BCUT2D eigenvalue weighted by atomic mass is 10.2. The normalized spacial score (nSPS) is 11.2. The van der Waals surface area contributed by atoms with Crippen molar-refractivity contribution < 1.29 is 9.13 Å². The summed E-state index contributed by atoms with van der Waals surface area (Å²) < 4.78 is 19.1. The van der Waals surface area contributed by atoms with Gasteiger partial charge in [0.15, 0.2) is 17.5 Å². The van der Waals surface area contributed by atoms with E-state index in [0.717, 1.165) is 16.3 Å². The van der Waals surface area contributed by atoms with Crippen LogP contribution in [0.1, 0.15) is 43.0 Å². The molecule has 0 unspecified atom stereocenters. The van der Waals surface area contributed by atoms with Crippen LogP contribution in [0.4, 0.5) is 4.39 Å². The van der Waals surface area contributed by atoms with Crippen molar-refractivity contribution in [1.82, 2.24) is 15.6 Å². The maximum Gasteiger partial charge on any atom is 0.191 e. The van der Waals surface area contributed by atoms with Gasteiger partial charge >= 0.3 is 0 Å². The molecule has 0 amide bonds. The van der Waals surface area contributed by atoms with Gasteiger partial charge in [0.1, 0.15) is 5.01 Å². The number of nitrogens with zero attached hydrogens (tertiary/aromatic N) is 2. The van der Waals surface area contributed by atoms with Crippen molar-refractivity contribution in [2.45, 2.75) is 39.8 Å². The molecule has 2 N–H and O–H groups in total. The Kier molecular flexibility index (Phi) is 9.85. The number of thiazole rings is 1. The molecule has 2 rings (SSSR count). The van der Waals surface area contributed by atoms with Crippen LogP contribution in [0.2, 0.25) is 0 Å². The first-order chi connectivity index (χ1) is 12.0. The van der Waals surface area contributed by atoms with Gasteiger partial charge in [0.25, 0.3) is 0 Å². The summed E-state index contributed by atoms with van der Waals surface area (Å²) in [6.45, 7) is 7.61. The Morgan fingerprint density at radius 2 is 2.04 bits per heavy atom. The third kappa shape index (κ3) is 6.71. The van der Waals surface area contributed by atoms with Gasteiger partial charge in [-0.05, 0) is 30.5 Å². The molecule has 5 nitrogen and oxygen atoms in total. The summed E-state index contributed by atoms with van der Waals surface area (Å²) >= 11 is 1.63. The molecule has 0 aliphatic heterocycles. The number of guanidine groups is 1. The Bertz CT molecular complexity index is 721. The van der Waals surface area contributed by atoms with Crippen LogP contribution in [0.3, 0.4) is 0 Å². The van der Waals surface area contributed by atoms with E-state index in [2.05, 4.69) is 39.8 Å². The highest BCUT2D eigenvalue weighted by atomic mass is 127.